The summed E-state index contributed by atoms with van der Waals surface area (Å²) in [5.74, 6) is 1.59. The van der Waals surface area contributed by atoms with Crippen LogP contribution in [0, 0.1) is 11.3 Å². The van der Waals surface area contributed by atoms with Crippen molar-refractivity contribution in [3.8, 4) is 11.5 Å². The molecular formula is C27H37NO5. The third-order valence-corrected chi connectivity index (χ3v) is 6.87. The first-order valence-electron chi connectivity index (χ1n) is 11.8. The van der Waals surface area contributed by atoms with Crippen LogP contribution in [0.3, 0.4) is 0 Å². The number of methoxy groups -OCH3 is 1. The molecule has 33 heavy (non-hydrogen) atoms. The van der Waals surface area contributed by atoms with Gasteiger partial charge in [-0.3, -0.25) is 9.59 Å². The fourth-order valence-corrected chi connectivity index (χ4v) is 4.70. The Hall–Kier alpha value is -2.76. The highest BCUT2D eigenvalue weighted by atomic mass is 16.7. The summed E-state index contributed by atoms with van der Waals surface area (Å²) in [5.41, 5.74) is 1.67. The average molecular weight is 456 g/mol. The van der Waals surface area contributed by atoms with Gasteiger partial charge >= 0.3 is 5.97 Å². The molecule has 3 rings (SSSR count). The summed E-state index contributed by atoms with van der Waals surface area (Å²) < 4.78 is 15.7. The third kappa shape index (κ3) is 6.62. The highest BCUT2D eigenvalue weighted by Gasteiger charge is 2.41. The molecule has 0 aromatic heterocycles. The van der Waals surface area contributed by atoms with Gasteiger partial charge in [0.2, 0.25) is 12.7 Å². The number of hydrogen-bond donors (Lipinski definition) is 1. The van der Waals surface area contributed by atoms with Gasteiger partial charge in [-0.2, -0.15) is 0 Å². The molecule has 1 aliphatic carbocycles. The van der Waals surface area contributed by atoms with Crippen LogP contribution in [0.2, 0.25) is 0 Å². The molecule has 0 unspecified atom stereocenters. The van der Waals surface area contributed by atoms with E-state index in [1.54, 1.807) is 6.08 Å². The number of nitrogens with one attached hydrogen (secondary N) is 1. The van der Waals surface area contributed by atoms with Crippen LogP contribution >= 0.6 is 0 Å². The van der Waals surface area contributed by atoms with E-state index in [1.165, 1.54) is 7.11 Å². The van der Waals surface area contributed by atoms with Crippen molar-refractivity contribution < 1.29 is 23.8 Å². The zero-order valence-corrected chi connectivity index (χ0v) is 20.5. The van der Waals surface area contributed by atoms with E-state index in [9.17, 15) is 9.59 Å². The molecule has 1 amide bonds. The molecule has 1 N–H and O–H groups in total. The summed E-state index contributed by atoms with van der Waals surface area (Å²) in [4.78, 5) is 25.0. The van der Waals surface area contributed by atoms with Crippen LogP contribution in [0.5, 0.6) is 11.5 Å². The van der Waals surface area contributed by atoms with Crippen LogP contribution in [0.4, 0.5) is 0 Å². The molecule has 2 aliphatic rings. The summed E-state index contributed by atoms with van der Waals surface area (Å²) in [6.07, 6.45) is 9.93. The van der Waals surface area contributed by atoms with Gasteiger partial charge in [-0.1, -0.05) is 45.9 Å². The molecular weight excluding hydrogens is 418 g/mol. The summed E-state index contributed by atoms with van der Waals surface area (Å²) in [6.45, 7) is 9.06. The van der Waals surface area contributed by atoms with Crippen LogP contribution in [-0.4, -0.2) is 31.3 Å². The lowest BCUT2D eigenvalue weighted by Gasteiger charge is -2.44. The van der Waals surface area contributed by atoms with Crippen LogP contribution < -0.4 is 14.8 Å². The Morgan fingerprint density at radius 2 is 1.85 bits per heavy atom. The fraction of sp³-hybridized carbons (Fsp3) is 0.556. The van der Waals surface area contributed by atoms with Crippen molar-refractivity contribution in [1.82, 2.24) is 5.32 Å². The molecule has 1 aliphatic heterocycles. The molecule has 0 spiro atoms. The Kier molecular flexibility index (Phi) is 7.88. The highest BCUT2D eigenvalue weighted by molar-refractivity contribution is 5.89. The quantitative estimate of drug-likeness (QED) is 0.338. The topological polar surface area (TPSA) is 73.9 Å². The predicted octanol–water partition coefficient (Wildman–Crippen LogP) is 5.42. The fourth-order valence-electron chi connectivity index (χ4n) is 4.70. The minimum atomic E-state index is -0.552. The normalized spacial score (nSPS) is 22.9. The molecule has 1 heterocycles. The van der Waals surface area contributed by atoms with Crippen molar-refractivity contribution in [2.24, 2.45) is 11.3 Å². The number of fused-ring (bicyclic) bond motifs is 1. The van der Waals surface area contributed by atoms with E-state index in [-0.39, 0.29) is 30.5 Å². The van der Waals surface area contributed by atoms with Crippen LogP contribution in [-0.2, 0) is 14.3 Å². The van der Waals surface area contributed by atoms with E-state index < -0.39 is 5.54 Å². The second-order valence-corrected chi connectivity index (χ2v) is 10.2. The van der Waals surface area contributed by atoms with Crippen molar-refractivity contribution in [3.63, 3.8) is 0 Å². The minimum absolute atomic E-state index is 0.182. The molecule has 1 aromatic rings. The first-order chi connectivity index (χ1) is 15.6. The number of rotatable bonds is 7. The SMILES string of the molecule is CCC(/C=C/C(=O)NC1(CC(=O)OC)CCC(C(C)(C)C)CC1)=C\c1ccc2c(c1)OCO2. The Labute approximate surface area is 197 Å². The number of benzene rings is 1. The van der Waals surface area contributed by atoms with Gasteiger partial charge in [0.15, 0.2) is 11.5 Å². The van der Waals surface area contributed by atoms with E-state index in [0.717, 1.165) is 54.7 Å². The lowest BCUT2D eigenvalue weighted by molar-refractivity contribution is -0.143. The van der Waals surface area contributed by atoms with E-state index in [2.05, 4.69) is 26.1 Å². The Balaban J connectivity index is 1.69. The first-order valence-corrected chi connectivity index (χ1v) is 11.8. The van der Waals surface area contributed by atoms with Gasteiger partial charge in [0.1, 0.15) is 0 Å². The predicted molar refractivity (Wildman–Crippen MR) is 129 cm³/mol. The van der Waals surface area contributed by atoms with Crippen LogP contribution in [0.1, 0.15) is 71.8 Å². The largest absolute Gasteiger partial charge is 0.469 e. The molecule has 1 aromatic carbocycles. The zero-order chi connectivity index (χ0) is 24.1. The number of hydrogen-bond acceptors (Lipinski definition) is 5. The van der Waals surface area contributed by atoms with Crippen LogP contribution in [0.15, 0.2) is 35.9 Å². The van der Waals surface area contributed by atoms with E-state index in [1.807, 2.05) is 37.3 Å². The summed E-state index contributed by atoms with van der Waals surface area (Å²) in [6, 6.07) is 5.80. The maximum atomic E-state index is 12.9. The van der Waals surface area contributed by atoms with Gasteiger partial charge in [-0.05, 0) is 66.7 Å². The molecule has 1 saturated carbocycles. The summed E-state index contributed by atoms with van der Waals surface area (Å²) in [5, 5.41) is 3.16. The number of esters is 1. The Morgan fingerprint density at radius 1 is 1.15 bits per heavy atom. The zero-order valence-electron chi connectivity index (χ0n) is 20.5. The summed E-state index contributed by atoms with van der Waals surface area (Å²) >= 11 is 0. The summed E-state index contributed by atoms with van der Waals surface area (Å²) in [7, 11) is 1.40. The lowest BCUT2D eigenvalue weighted by atomic mass is 9.66. The second-order valence-electron chi connectivity index (χ2n) is 10.2. The Bertz CT molecular complexity index is 917. The average Bonchev–Trinajstić information content (AvgIpc) is 3.24. The van der Waals surface area contributed by atoms with E-state index in [0.29, 0.717) is 5.92 Å². The van der Waals surface area contributed by atoms with Gasteiger partial charge in [-0.25, -0.2) is 0 Å². The molecule has 0 bridgehead atoms. The minimum Gasteiger partial charge on any atom is -0.469 e. The van der Waals surface area contributed by atoms with Crippen LogP contribution in [0.25, 0.3) is 6.08 Å². The van der Waals surface area contributed by atoms with E-state index in [4.69, 9.17) is 14.2 Å². The maximum absolute atomic E-state index is 12.9. The maximum Gasteiger partial charge on any atom is 0.307 e. The lowest BCUT2D eigenvalue weighted by Crippen LogP contribution is -2.52. The van der Waals surface area contributed by atoms with Gasteiger partial charge in [-0.15, -0.1) is 0 Å². The molecule has 0 radical (unpaired) electrons. The van der Waals surface area contributed by atoms with E-state index >= 15 is 0 Å². The first kappa shape index (κ1) is 24.9. The second kappa shape index (κ2) is 10.4. The third-order valence-electron chi connectivity index (χ3n) is 6.87. The van der Waals surface area contributed by atoms with Crippen molar-refractivity contribution >= 4 is 18.0 Å². The molecule has 0 saturated heterocycles. The highest BCUT2D eigenvalue weighted by Crippen LogP contribution is 2.42. The standard InChI is InChI=1S/C27H37NO5/c1-6-19(15-20-7-9-22-23(16-20)33-18-32-22)8-10-24(29)28-27(17-25(30)31-5)13-11-21(12-14-27)26(2,3)4/h7-10,15-16,21H,6,11-14,17-18H2,1-5H3,(H,28,29)/b10-8+,19-15+. The van der Waals surface area contributed by atoms with Gasteiger partial charge in [0.25, 0.3) is 0 Å². The van der Waals surface area contributed by atoms with Gasteiger partial charge < -0.3 is 19.5 Å². The van der Waals surface area contributed by atoms with Crippen molar-refractivity contribution in [1.29, 1.82) is 0 Å². The Morgan fingerprint density at radius 3 is 2.48 bits per heavy atom. The molecule has 6 heteroatoms. The molecule has 1 fully saturated rings. The number of allylic oxidation sites excluding steroid dienone is 2. The van der Waals surface area contributed by atoms with Gasteiger partial charge in [0, 0.05) is 6.08 Å². The molecule has 6 nitrogen and oxygen atoms in total. The van der Waals surface area contributed by atoms with Gasteiger partial charge in [0.05, 0.1) is 19.1 Å². The monoisotopic (exact) mass is 455 g/mol. The van der Waals surface area contributed by atoms with Crippen molar-refractivity contribution in [3.05, 3.63) is 41.5 Å². The smallest absolute Gasteiger partial charge is 0.307 e. The number of ether oxygens (including phenoxy) is 3. The van der Waals surface area contributed by atoms with Crippen molar-refractivity contribution in [2.75, 3.05) is 13.9 Å². The molecule has 0 atom stereocenters. The van der Waals surface area contributed by atoms with Crippen molar-refractivity contribution in [2.45, 2.75) is 71.8 Å². The number of carbonyl (C=O) groups is 2. The number of amides is 1. The number of carbonyl (C=O) groups excluding carboxylic acids is 2. The molecule has 180 valence electrons.